The fourth-order valence-electron chi connectivity index (χ4n) is 4.45. The molecule has 1 fully saturated rings. The number of halogens is 3. The molecule has 3 unspecified atom stereocenters. The minimum absolute atomic E-state index is 0.00883. The molecule has 0 bridgehead atoms. The van der Waals surface area contributed by atoms with Gasteiger partial charge in [0.1, 0.15) is 37.4 Å². The number of amides is 4. The molecule has 1 saturated heterocycles. The van der Waals surface area contributed by atoms with Gasteiger partial charge in [-0.1, -0.05) is 40.7 Å². The average Bonchev–Trinajstić information content (AvgIpc) is 3.11. The Morgan fingerprint density at radius 2 is 1.81 bits per heavy atom. The highest BCUT2D eigenvalue weighted by Gasteiger charge is 2.46. The van der Waals surface area contributed by atoms with Crippen molar-refractivity contribution in [2.45, 2.75) is 36.7 Å². The minimum Gasteiger partial charge on any atom is -0.393 e. The summed E-state index contributed by atoms with van der Waals surface area (Å²) in [6.07, 6.45) is 0.00551. The first-order valence-electron chi connectivity index (χ1n) is 10.9. The highest BCUT2D eigenvalue weighted by Crippen LogP contribution is 2.36. The van der Waals surface area contributed by atoms with Crippen molar-refractivity contribution >= 4 is 85.5 Å². The van der Waals surface area contributed by atoms with E-state index in [-0.39, 0.29) is 50.3 Å². The molecule has 4 amide bonds. The summed E-state index contributed by atoms with van der Waals surface area (Å²) >= 11 is 5.72. The van der Waals surface area contributed by atoms with Crippen molar-refractivity contribution in [3.05, 3.63) is 57.6 Å². The third-order valence-corrected chi connectivity index (χ3v) is 6.64. The first kappa shape index (κ1) is 27.0. The number of rotatable bonds is 5. The van der Waals surface area contributed by atoms with E-state index < -0.39 is 53.0 Å². The Morgan fingerprint density at radius 3 is 2.41 bits per heavy atom. The van der Waals surface area contributed by atoms with Crippen LogP contribution < -0.4 is 16.2 Å². The third kappa shape index (κ3) is 4.49. The van der Waals surface area contributed by atoms with Gasteiger partial charge in [-0.15, -0.1) is 0 Å². The van der Waals surface area contributed by atoms with Crippen molar-refractivity contribution in [2.24, 2.45) is 0 Å². The number of carbonyl (C=O) groups is 4. The Hall–Kier alpha value is -3.01. The zero-order valence-electron chi connectivity index (χ0n) is 19.1. The molecule has 2 aliphatic heterocycles. The van der Waals surface area contributed by atoms with Gasteiger partial charge in [-0.05, 0) is 29.7 Å². The van der Waals surface area contributed by atoms with E-state index in [4.69, 9.17) is 51.0 Å². The van der Waals surface area contributed by atoms with Crippen LogP contribution in [0, 0.1) is 0 Å². The summed E-state index contributed by atoms with van der Waals surface area (Å²) in [6.45, 7) is 0. The Kier molecular flexibility index (Phi) is 7.09. The minimum atomic E-state index is -4.07. The predicted molar refractivity (Wildman–Crippen MR) is 134 cm³/mol. The van der Waals surface area contributed by atoms with Crippen molar-refractivity contribution in [3.63, 3.8) is 0 Å². The van der Waals surface area contributed by atoms with Crippen LogP contribution in [0.2, 0.25) is 5.02 Å². The predicted octanol–water partition coefficient (Wildman–Crippen LogP) is -0.773. The van der Waals surface area contributed by atoms with E-state index in [9.17, 15) is 28.0 Å². The lowest BCUT2D eigenvalue weighted by Crippen LogP contribution is -2.53. The number of fused-ring (bicyclic) bond motifs is 1. The molecule has 2 heterocycles. The quantitative estimate of drug-likeness (QED) is 0.423. The molecular formula is C22H13B5ClF2N3O4. The molecule has 10 radical (unpaired) electrons. The van der Waals surface area contributed by atoms with Crippen LogP contribution in [0.1, 0.15) is 51.8 Å². The van der Waals surface area contributed by atoms with Gasteiger partial charge in [0.2, 0.25) is 19.8 Å². The van der Waals surface area contributed by atoms with Crippen LogP contribution in [-0.4, -0.2) is 78.7 Å². The summed E-state index contributed by atoms with van der Waals surface area (Å²) in [6, 6.07) is 4.36. The van der Waals surface area contributed by atoms with Crippen molar-refractivity contribution < 1.29 is 28.0 Å². The van der Waals surface area contributed by atoms with Gasteiger partial charge in [-0.3, -0.25) is 24.5 Å². The fourth-order valence-corrected chi connectivity index (χ4v) is 4.58. The molecule has 1 N–H and O–H groups in total. The molecule has 176 valence electrons. The number of imide groups is 1. The summed E-state index contributed by atoms with van der Waals surface area (Å²) in [4.78, 5) is 50.8. The van der Waals surface area contributed by atoms with Gasteiger partial charge in [-0.25, -0.2) is 0 Å². The van der Waals surface area contributed by atoms with E-state index in [1.54, 1.807) is 0 Å². The third-order valence-electron chi connectivity index (χ3n) is 6.39. The standard InChI is InChI=1S/C22H13B5ClF2N3O4/c23-11-7-10(17(25)33(27)21(37)22(29,30)8-1-3-9(28)4-2-8)16(24)15-14(11)20(36)32(18(15)26)12-5-6-13(34)31-19(12)35/h1-4,7,12,17-18H,5-6H2,(H,31,34,35). The van der Waals surface area contributed by atoms with Gasteiger partial charge in [0, 0.05) is 34.5 Å². The number of carbonyl (C=O) groups excluding carboxylic acids is 4. The Morgan fingerprint density at radius 1 is 1.19 bits per heavy atom. The molecule has 0 aromatic heterocycles. The summed E-state index contributed by atoms with van der Waals surface area (Å²) in [5.74, 6) is -10.8. The highest BCUT2D eigenvalue weighted by molar-refractivity contribution is 6.43. The molecule has 0 aliphatic carbocycles. The normalized spacial score (nSPS) is 20.4. The second kappa shape index (κ2) is 9.70. The first-order chi connectivity index (χ1) is 17.3. The number of alkyl halides is 2. The molecule has 4 rings (SSSR count). The number of nitrogens with zero attached hydrogens (tertiary/aromatic N) is 2. The molecule has 37 heavy (non-hydrogen) atoms. The topological polar surface area (TPSA) is 86.8 Å². The van der Waals surface area contributed by atoms with Crippen molar-refractivity contribution in [3.8, 4) is 0 Å². The molecule has 7 nitrogen and oxygen atoms in total. The Bertz CT molecular complexity index is 1330. The number of piperidine rings is 1. The van der Waals surface area contributed by atoms with Gasteiger partial charge in [0.15, 0.2) is 0 Å². The summed E-state index contributed by atoms with van der Waals surface area (Å²) < 4.78 is 29.8. The summed E-state index contributed by atoms with van der Waals surface area (Å²) in [5.41, 5.74) is -1.32. The van der Waals surface area contributed by atoms with Crippen LogP contribution in [0.25, 0.3) is 0 Å². The van der Waals surface area contributed by atoms with Crippen LogP contribution in [0.5, 0.6) is 0 Å². The monoisotopic (exact) mass is 511 g/mol. The molecule has 2 aliphatic rings. The van der Waals surface area contributed by atoms with Crippen LogP contribution in [0.3, 0.4) is 0 Å². The lowest BCUT2D eigenvalue weighted by atomic mass is 9.68. The van der Waals surface area contributed by atoms with Crippen LogP contribution in [-0.2, 0) is 20.3 Å². The highest BCUT2D eigenvalue weighted by atomic mass is 35.5. The number of hydrogen-bond acceptors (Lipinski definition) is 4. The molecular weight excluding hydrogens is 498 g/mol. The van der Waals surface area contributed by atoms with Gasteiger partial charge in [0.05, 0.1) is 0 Å². The van der Waals surface area contributed by atoms with Crippen molar-refractivity contribution in [2.75, 3.05) is 0 Å². The smallest absolute Gasteiger partial charge is 0.348 e. The first-order valence-corrected chi connectivity index (χ1v) is 11.3. The molecule has 2 aromatic rings. The van der Waals surface area contributed by atoms with E-state index in [0.29, 0.717) is 0 Å². The molecule has 3 atom stereocenters. The number of benzene rings is 2. The Labute approximate surface area is 222 Å². The molecule has 0 spiro atoms. The van der Waals surface area contributed by atoms with Crippen LogP contribution in [0.4, 0.5) is 8.78 Å². The van der Waals surface area contributed by atoms with Crippen molar-refractivity contribution in [1.82, 2.24) is 15.0 Å². The second-order valence-electron chi connectivity index (χ2n) is 8.62. The lowest BCUT2D eigenvalue weighted by molar-refractivity contribution is -0.154. The van der Waals surface area contributed by atoms with Gasteiger partial charge in [-0.2, -0.15) is 8.78 Å². The maximum Gasteiger partial charge on any atom is 0.348 e. The lowest BCUT2D eigenvalue weighted by Gasteiger charge is -2.34. The van der Waals surface area contributed by atoms with E-state index in [2.05, 4.69) is 5.32 Å². The van der Waals surface area contributed by atoms with Gasteiger partial charge in [0.25, 0.3) is 11.8 Å². The number of hydrogen-bond donors (Lipinski definition) is 1. The number of nitrogens with one attached hydrogen (secondary N) is 1. The van der Waals surface area contributed by atoms with Crippen LogP contribution in [0.15, 0.2) is 30.3 Å². The Balaban J connectivity index is 1.67. The second-order valence-corrected chi connectivity index (χ2v) is 9.06. The van der Waals surface area contributed by atoms with Crippen LogP contribution >= 0.6 is 11.6 Å². The fraction of sp³-hybridized carbons (Fsp3) is 0.273. The largest absolute Gasteiger partial charge is 0.393 e. The molecule has 15 heteroatoms. The maximum atomic E-state index is 14.9. The van der Waals surface area contributed by atoms with Gasteiger partial charge < -0.3 is 9.71 Å². The molecule has 2 aromatic carbocycles. The summed E-state index contributed by atoms with van der Waals surface area (Å²) in [5, 5.41) is 2.33. The molecule has 0 saturated carbocycles. The zero-order valence-corrected chi connectivity index (χ0v) is 19.8. The van der Waals surface area contributed by atoms with E-state index in [0.717, 1.165) is 23.1 Å². The van der Waals surface area contributed by atoms with E-state index >= 15 is 0 Å². The van der Waals surface area contributed by atoms with E-state index in [1.807, 2.05) is 0 Å². The maximum absolute atomic E-state index is 14.9. The van der Waals surface area contributed by atoms with Crippen molar-refractivity contribution in [1.29, 1.82) is 0 Å². The SMILES string of the molecule is [B]c1cc(C([B])N([B])C(=O)C(F)(F)c2ccc(Cl)cc2)c([B])c2c1C(=O)N(C1CCC(=O)NC1=O)C2[B]. The summed E-state index contributed by atoms with van der Waals surface area (Å²) in [7, 11) is 30.3. The van der Waals surface area contributed by atoms with Gasteiger partial charge >= 0.3 is 5.92 Å². The van der Waals surface area contributed by atoms with E-state index in [1.165, 1.54) is 12.1 Å². The average molecular weight is 511 g/mol. The zero-order chi connectivity index (χ0) is 27.4.